The monoisotopic (exact) mass is 245 g/mol. The maximum atomic E-state index is 11.9. The number of hydrogen-bond acceptors (Lipinski definition) is 4. The Hall–Kier alpha value is -1.30. The molecule has 0 radical (unpaired) electrons. The molecule has 0 aromatic carbocycles. The summed E-state index contributed by atoms with van der Waals surface area (Å²) in [4.78, 5) is 24.2. The quantitative estimate of drug-likeness (QED) is 0.748. The molecule has 1 amide bonds. The molecule has 1 fully saturated rings. The van der Waals surface area contributed by atoms with Gasteiger partial charge in [0.05, 0.1) is 6.61 Å². The summed E-state index contributed by atoms with van der Waals surface area (Å²) in [6.07, 6.45) is -0.315. The van der Waals surface area contributed by atoms with Crippen LogP contribution < -0.4 is 0 Å². The molecule has 0 aromatic rings. The largest absolute Gasteiger partial charge is 0.480 e. The Bertz CT molecular complexity index is 297. The van der Waals surface area contributed by atoms with Crippen molar-refractivity contribution >= 4 is 12.1 Å². The SMILES string of the molecule is CC(C)(C)OC(=O)N1CCOCCC1C(=O)O. The van der Waals surface area contributed by atoms with Crippen LogP contribution in [0.25, 0.3) is 0 Å². The Morgan fingerprint density at radius 2 is 2.00 bits per heavy atom. The maximum absolute atomic E-state index is 11.9. The Kier molecular flexibility index (Phi) is 4.34. The van der Waals surface area contributed by atoms with Gasteiger partial charge in [-0.3, -0.25) is 4.90 Å². The Labute approximate surface area is 100 Å². The second kappa shape index (κ2) is 5.35. The first-order chi connectivity index (χ1) is 7.81. The highest BCUT2D eigenvalue weighted by Crippen LogP contribution is 2.15. The van der Waals surface area contributed by atoms with Crippen LogP contribution in [0, 0.1) is 0 Å². The number of aliphatic carboxylic acids is 1. The minimum absolute atomic E-state index is 0.242. The third kappa shape index (κ3) is 4.22. The number of ether oxygens (including phenoxy) is 2. The first-order valence-corrected chi connectivity index (χ1v) is 5.61. The van der Waals surface area contributed by atoms with Gasteiger partial charge in [-0.15, -0.1) is 0 Å². The molecule has 0 spiro atoms. The summed E-state index contributed by atoms with van der Waals surface area (Å²) in [5.74, 6) is -1.03. The third-order valence-electron chi connectivity index (χ3n) is 2.30. The van der Waals surface area contributed by atoms with Gasteiger partial charge in [-0.25, -0.2) is 9.59 Å². The lowest BCUT2D eigenvalue weighted by atomic mass is 10.2. The summed E-state index contributed by atoms with van der Waals surface area (Å²) < 4.78 is 10.4. The van der Waals surface area contributed by atoms with Crippen molar-refractivity contribution in [3.63, 3.8) is 0 Å². The summed E-state index contributed by atoms with van der Waals surface area (Å²) >= 11 is 0. The van der Waals surface area contributed by atoms with Crippen molar-refractivity contribution in [2.45, 2.75) is 38.8 Å². The fraction of sp³-hybridized carbons (Fsp3) is 0.818. The van der Waals surface area contributed by atoms with Gasteiger partial charge < -0.3 is 14.6 Å². The molecule has 6 nitrogen and oxygen atoms in total. The van der Waals surface area contributed by atoms with Gasteiger partial charge in [0, 0.05) is 19.6 Å². The fourth-order valence-electron chi connectivity index (χ4n) is 1.57. The number of hydrogen-bond donors (Lipinski definition) is 1. The highest BCUT2D eigenvalue weighted by Gasteiger charge is 2.33. The minimum atomic E-state index is -1.03. The summed E-state index contributed by atoms with van der Waals surface area (Å²) in [5.41, 5.74) is -0.632. The topological polar surface area (TPSA) is 76.1 Å². The smallest absolute Gasteiger partial charge is 0.411 e. The number of carbonyl (C=O) groups excluding carboxylic acids is 1. The van der Waals surface area contributed by atoms with Crippen molar-refractivity contribution in [3.05, 3.63) is 0 Å². The fourth-order valence-corrected chi connectivity index (χ4v) is 1.57. The zero-order valence-electron chi connectivity index (χ0n) is 10.4. The summed E-state index contributed by atoms with van der Waals surface area (Å²) in [7, 11) is 0. The Balaban J connectivity index is 2.75. The van der Waals surface area contributed by atoms with E-state index < -0.39 is 23.7 Å². The first-order valence-electron chi connectivity index (χ1n) is 5.61. The number of amides is 1. The second-order valence-electron chi connectivity index (χ2n) is 4.93. The number of rotatable bonds is 1. The van der Waals surface area contributed by atoms with E-state index in [4.69, 9.17) is 14.6 Å². The van der Waals surface area contributed by atoms with Gasteiger partial charge in [-0.05, 0) is 20.8 Å². The minimum Gasteiger partial charge on any atom is -0.480 e. The lowest BCUT2D eigenvalue weighted by Gasteiger charge is -2.29. The zero-order valence-corrected chi connectivity index (χ0v) is 10.4. The Morgan fingerprint density at radius 1 is 1.35 bits per heavy atom. The summed E-state index contributed by atoms with van der Waals surface area (Å²) in [6.45, 7) is 6.16. The van der Waals surface area contributed by atoms with Crippen LogP contribution in [0.1, 0.15) is 27.2 Å². The number of carbonyl (C=O) groups is 2. The molecule has 1 saturated heterocycles. The molecule has 1 heterocycles. The molecule has 1 aliphatic heterocycles. The predicted octanol–water partition coefficient (Wildman–Crippen LogP) is 1.10. The molecule has 0 saturated carbocycles. The standard InChI is InChI=1S/C11H19NO5/c1-11(2,3)17-10(15)12-5-7-16-6-4-8(12)9(13)14/h8H,4-7H2,1-3H3,(H,13,14). The summed E-state index contributed by atoms with van der Waals surface area (Å²) in [5, 5.41) is 9.08. The molecule has 1 atom stereocenters. The van der Waals surface area contributed by atoms with E-state index in [-0.39, 0.29) is 13.0 Å². The van der Waals surface area contributed by atoms with Crippen molar-refractivity contribution in [2.24, 2.45) is 0 Å². The molecular weight excluding hydrogens is 226 g/mol. The van der Waals surface area contributed by atoms with Gasteiger partial charge >= 0.3 is 12.1 Å². The maximum Gasteiger partial charge on any atom is 0.411 e. The van der Waals surface area contributed by atoms with Crippen LogP contribution in [0.4, 0.5) is 4.79 Å². The van der Waals surface area contributed by atoms with E-state index in [9.17, 15) is 9.59 Å². The van der Waals surface area contributed by atoms with E-state index >= 15 is 0 Å². The first kappa shape index (κ1) is 13.8. The molecule has 0 bridgehead atoms. The van der Waals surface area contributed by atoms with E-state index in [1.54, 1.807) is 20.8 Å². The van der Waals surface area contributed by atoms with Crippen molar-refractivity contribution in [3.8, 4) is 0 Å². The van der Waals surface area contributed by atoms with Crippen LogP contribution >= 0.6 is 0 Å². The van der Waals surface area contributed by atoms with Gasteiger partial charge in [0.15, 0.2) is 0 Å². The third-order valence-corrected chi connectivity index (χ3v) is 2.30. The Morgan fingerprint density at radius 3 is 2.53 bits per heavy atom. The van der Waals surface area contributed by atoms with Crippen LogP contribution in [0.15, 0.2) is 0 Å². The van der Waals surface area contributed by atoms with Crippen molar-refractivity contribution in [2.75, 3.05) is 19.8 Å². The molecule has 1 N–H and O–H groups in total. The highest BCUT2D eigenvalue weighted by molar-refractivity contribution is 5.80. The number of carboxylic acid groups (broad SMARTS) is 1. The normalized spacial score (nSPS) is 21.8. The van der Waals surface area contributed by atoms with Crippen LogP contribution in [-0.2, 0) is 14.3 Å². The molecule has 6 heteroatoms. The predicted molar refractivity (Wildman–Crippen MR) is 59.8 cm³/mol. The van der Waals surface area contributed by atoms with Crippen LogP contribution in [0.5, 0.6) is 0 Å². The average molecular weight is 245 g/mol. The molecule has 98 valence electrons. The van der Waals surface area contributed by atoms with Crippen LogP contribution in [0.2, 0.25) is 0 Å². The van der Waals surface area contributed by atoms with Gasteiger partial charge in [-0.2, -0.15) is 0 Å². The highest BCUT2D eigenvalue weighted by atomic mass is 16.6. The molecule has 1 rings (SSSR count). The van der Waals surface area contributed by atoms with Gasteiger partial charge in [0.1, 0.15) is 11.6 Å². The van der Waals surface area contributed by atoms with E-state index in [1.165, 1.54) is 4.90 Å². The number of carboxylic acids is 1. The van der Waals surface area contributed by atoms with E-state index in [1.807, 2.05) is 0 Å². The molecular formula is C11H19NO5. The van der Waals surface area contributed by atoms with Crippen molar-refractivity contribution in [1.29, 1.82) is 0 Å². The lowest BCUT2D eigenvalue weighted by Crippen LogP contribution is -2.47. The molecule has 0 aliphatic carbocycles. The zero-order chi connectivity index (χ0) is 13.1. The molecule has 1 unspecified atom stereocenters. The van der Waals surface area contributed by atoms with E-state index in [2.05, 4.69) is 0 Å². The summed E-state index contributed by atoms with van der Waals surface area (Å²) in [6, 6.07) is -0.868. The number of nitrogens with zero attached hydrogens (tertiary/aromatic N) is 1. The van der Waals surface area contributed by atoms with Crippen molar-refractivity contribution < 1.29 is 24.2 Å². The molecule has 1 aliphatic rings. The average Bonchev–Trinajstić information content (AvgIpc) is 2.39. The van der Waals surface area contributed by atoms with Crippen LogP contribution in [-0.4, -0.2) is 53.5 Å². The molecule has 0 aromatic heterocycles. The van der Waals surface area contributed by atoms with Crippen molar-refractivity contribution in [1.82, 2.24) is 4.90 Å². The lowest BCUT2D eigenvalue weighted by molar-refractivity contribution is -0.143. The van der Waals surface area contributed by atoms with E-state index in [0.29, 0.717) is 13.2 Å². The van der Waals surface area contributed by atoms with E-state index in [0.717, 1.165) is 0 Å². The van der Waals surface area contributed by atoms with Gasteiger partial charge in [-0.1, -0.05) is 0 Å². The van der Waals surface area contributed by atoms with Gasteiger partial charge in [0.25, 0.3) is 0 Å². The molecule has 17 heavy (non-hydrogen) atoms. The van der Waals surface area contributed by atoms with Gasteiger partial charge in [0.2, 0.25) is 0 Å². The van der Waals surface area contributed by atoms with Crippen LogP contribution in [0.3, 0.4) is 0 Å². The second-order valence-corrected chi connectivity index (χ2v) is 4.93.